The van der Waals surface area contributed by atoms with Gasteiger partial charge in [-0.1, -0.05) is 29.8 Å². The van der Waals surface area contributed by atoms with Crippen LogP contribution in [0, 0.1) is 0 Å². The van der Waals surface area contributed by atoms with E-state index in [0.29, 0.717) is 5.15 Å². The Labute approximate surface area is 106 Å². The highest BCUT2D eigenvalue weighted by atomic mass is 35.5. The van der Waals surface area contributed by atoms with Crippen molar-refractivity contribution in [1.29, 1.82) is 0 Å². The molecule has 0 amide bonds. The summed E-state index contributed by atoms with van der Waals surface area (Å²) in [5.74, 6) is 1.02. The Morgan fingerprint density at radius 3 is 2.47 bits per heavy atom. The summed E-state index contributed by atoms with van der Waals surface area (Å²) in [6.45, 7) is 2.14. The van der Waals surface area contributed by atoms with E-state index in [1.165, 1.54) is 12.8 Å². The Balaban J connectivity index is 2.06. The van der Waals surface area contributed by atoms with Gasteiger partial charge in [-0.15, -0.1) is 0 Å². The molecule has 0 atom stereocenters. The molecule has 0 spiro atoms. The molecule has 1 aromatic carbocycles. The van der Waals surface area contributed by atoms with Crippen LogP contribution in [0.1, 0.15) is 12.8 Å². The van der Waals surface area contributed by atoms with Crippen molar-refractivity contribution >= 4 is 17.4 Å². The summed E-state index contributed by atoms with van der Waals surface area (Å²) in [6, 6.07) is 10.2. The van der Waals surface area contributed by atoms with Gasteiger partial charge in [0, 0.05) is 18.8 Å². The van der Waals surface area contributed by atoms with Gasteiger partial charge >= 0.3 is 0 Å². The maximum absolute atomic E-state index is 6.20. The fourth-order valence-electron chi connectivity index (χ4n) is 2.31. The van der Waals surface area contributed by atoms with E-state index in [1.807, 2.05) is 18.2 Å². The molecule has 4 heteroatoms. The number of benzene rings is 1. The first-order valence-corrected chi connectivity index (χ1v) is 6.27. The summed E-state index contributed by atoms with van der Waals surface area (Å²) < 4.78 is 2.06. The van der Waals surface area contributed by atoms with Gasteiger partial charge in [0.2, 0.25) is 0 Å². The fourth-order valence-corrected chi connectivity index (χ4v) is 2.56. The molecule has 1 aliphatic rings. The van der Waals surface area contributed by atoms with Crippen molar-refractivity contribution < 1.29 is 0 Å². The van der Waals surface area contributed by atoms with E-state index in [0.717, 1.165) is 24.6 Å². The Bertz CT molecular complexity index is 501. The SMILES string of the molecule is Clc1ncn(-c2ccccc2)c1N1CCCC1. The lowest BCUT2D eigenvalue weighted by Gasteiger charge is -2.19. The van der Waals surface area contributed by atoms with Crippen LogP contribution >= 0.6 is 11.6 Å². The third kappa shape index (κ3) is 1.91. The zero-order valence-electron chi connectivity index (χ0n) is 9.51. The molecule has 1 fully saturated rings. The van der Waals surface area contributed by atoms with Crippen LogP contribution in [-0.2, 0) is 0 Å². The minimum absolute atomic E-state index is 0.593. The van der Waals surface area contributed by atoms with Crippen LogP contribution in [0.25, 0.3) is 5.69 Å². The first-order chi connectivity index (χ1) is 8.36. The Morgan fingerprint density at radius 2 is 1.76 bits per heavy atom. The van der Waals surface area contributed by atoms with Crippen LogP contribution in [0.3, 0.4) is 0 Å². The molecule has 0 saturated carbocycles. The van der Waals surface area contributed by atoms with Gasteiger partial charge in [0.1, 0.15) is 6.33 Å². The van der Waals surface area contributed by atoms with E-state index in [2.05, 4.69) is 26.6 Å². The van der Waals surface area contributed by atoms with Crippen LogP contribution in [0.5, 0.6) is 0 Å². The van der Waals surface area contributed by atoms with Gasteiger partial charge in [-0.2, -0.15) is 0 Å². The van der Waals surface area contributed by atoms with Crippen molar-refractivity contribution in [2.24, 2.45) is 0 Å². The maximum Gasteiger partial charge on any atom is 0.171 e. The molecule has 0 N–H and O–H groups in total. The maximum atomic E-state index is 6.20. The smallest absolute Gasteiger partial charge is 0.171 e. The molecule has 17 heavy (non-hydrogen) atoms. The summed E-state index contributed by atoms with van der Waals surface area (Å²) in [5, 5.41) is 0.593. The van der Waals surface area contributed by atoms with E-state index in [4.69, 9.17) is 11.6 Å². The minimum atomic E-state index is 0.593. The molecule has 3 nitrogen and oxygen atoms in total. The number of halogens is 1. The van der Waals surface area contributed by atoms with Crippen LogP contribution in [-0.4, -0.2) is 22.6 Å². The number of para-hydroxylation sites is 1. The van der Waals surface area contributed by atoms with Crippen molar-refractivity contribution in [2.45, 2.75) is 12.8 Å². The lowest BCUT2D eigenvalue weighted by atomic mass is 10.3. The molecule has 88 valence electrons. The van der Waals surface area contributed by atoms with Gasteiger partial charge in [-0.25, -0.2) is 4.98 Å². The van der Waals surface area contributed by atoms with Crippen molar-refractivity contribution in [2.75, 3.05) is 18.0 Å². The van der Waals surface area contributed by atoms with E-state index in [9.17, 15) is 0 Å². The highest BCUT2D eigenvalue weighted by Gasteiger charge is 2.20. The highest BCUT2D eigenvalue weighted by molar-refractivity contribution is 6.31. The summed E-state index contributed by atoms with van der Waals surface area (Å²) in [6.07, 6.45) is 4.26. The monoisotopic (exact) mass is 247 g/mol. The van der Waals surface area contributed by atoms with E-state index >= 15 is 0 Å². The van der Waals surface area contributed by atoms with Gasteiger partial charge in [-0.05, 0) is 25.0 Å². The lowest BCUT2D eigenvalue weighted by Crippen LogP contribution is -2.20. The number of nitrogens with zero attached hydrogens (tertiary/aromatic N) is 3. The molecule has 2 heterocycles. The third-order valence-electron chi connectivity index (χ3n) is 3.14. The van der Waals surface area contributed by atoms with Gasteiger partial charge in [-0.3, -0.25) is 4.57 Å². The molecule has 3 rings (SSSR count). The van der Waals surface area contributed by atoms with Crippen LogP contribution in [0.15, 0.2) is 36.7 Å². The molecule has 0 bridgehead atoms. The summed E-state index contributed by atoms with van der Waals surface area (Å²) in [5.41, 5.74) is 1.11. The third-order valence-corrected chi connectivity index (χ3v) is 3.41. The van der Waals surface area contributed by atoms with Gasteiger partial charge in [0.05, 0.1) is 0 Å². The predicted molar refractivity (Wildman–Crippen MR) is 70.0 cm³/mol. The minimum Gasteiger partial charge on any atom is -0.355 e. The molecule has 0 aliphatic carbocycles. The fraction of sp³-hybridized carbons (Fsp3) is 0.308. The highest BCUT2D eigenvalue weighted by Crippen LogP contribution is 2.30. The van der Waals surface area contributed by atoms with Crippen molar-refractivity contribution in [3.8, 4) is 5.69 Å². The summed E-state index contributed by atoms with van der Waals surface area (Å²) >= 11 is 6.20. The first kappa shape index (κ1) is 10.7. The van der Waals surface area contributed by atoms with E-state index in [-0.39, 0.29) is 0 Å². The second-order valence-corrected chi connectivity index (χ2v) is 4.62. The average molecular weight is 248 g/mol. The number of rotatable bonds is 2. The zero-order valence-corrected chi connectivity index (χ0v) is 10.3. The van der Waals surface area contributed by atoms with Crippen molar-refractivity contribution in [3.63, 3.8) is 0 Å². The Hall–Kier alpha value is -1.48. The van der Waals surface area contributed by atoms with Crippen molar-refractivity contribution in [1.82, 2.24) is 9.55 Å². The molecular formula is C13H14ClN3. The van der Waals surface area contributed by atoms with E-state index < -0.39 is 0 Å². The molecule has 2 aromatic rings. The molecule has 1 aliphatic heterocycles. The van der Waals surface area contributed by atoms with Crippen LogP contribution in [0.2, 0.25) is 5.15 Å². The summed E-state index contributed by atoms with van der Waals surface area (Å²) in [7, 11) is 0. The number of hydrogen-bond acceptors (Lipinski definition) is 2. The normalized spacial score (nSPS) is 15.5. The molecule has 1 saturated heterocycles. The number of imidazole rings is 1. The predicted octanol–water partition coefficient (Wildman–Crippen LogP) is 3.13. The standard InChI is InChI=1S/C13H14ClN3/c14-12-13(16-8-4-5-9-16)17(10-15-12)11-6-2-1-3-7-11/h1-3,6-7,10H,4-5,8-9H2. The van der Waals surface area contributed by atoms with E-state index in [1.54, 1.807) is 6.33 Å². The molecule has 0 radical (unpaired) electrons. The molecular weight excluding hydrogens is 234 g/mol. The first-order valence-electron chi connectivity index (χ1n) is 5.89. The van der Waals surface area contributed by atoms with Gasteiger partial charge < -0.3 is 4.90 Å². The largest absolute Gasteiger partial charge is 0.355 e. The number of anilines is 1. The zero-order chi connectivity index (χ0) is 11.7. The van der Waals surface area contributed by atoms with Gasteiger partial charge in [0.15, 0.2) is 11.0 Å². The molecule has 0 unspecified atom stereocenters. The second-order valence-electron chi connectivity index (χ2n) is 4.26. The van der Waals surface area contributed by atoms with Crippen LogP contribution < -0.4 is 4.90 Å². The second kappa shape index (κ2) is 4.41. The Kier molecular flexibility index (Phi) is 2.77. The van der Waals surface area contributed by atoms with Gasteiger partial charge in [0.25, 0.3) is 0 Å². The number of hydrogen-bond donors (Lipinski definition) is 0. The topological polar surface area (TPSA) is 21.1 Å². The summed E-state index contributed by atoms with van der Waals surface area (Å²) in [4.78, 5) is 6.53. The molecule has 1 aromatic heterocycles. The average Bonchev–Trinajstić information content (AvgIpc) is 2.99. The van der Waals surface area contributed by atoms with Crippen LogP contribution in [0.4, 0.5) is 5.82 Å². The number of aromatic nitrogens is 2. The lowest BCUT2D eigenvalue weighted by molar-refractivity contribution is 0.900. The van der Waals surface area contributed by atoms with Crippen molar-refractivity contribution in [3.05, 3.63) is 41.8 Å². The Morgan fingerprint density at radius 1 is 1.06 bits per heavy atom. The quantitative estimate of drug-likeness (QED) is 0.813.